The summed E-state index contributed by atoms with van der Waals surface area (Å²) in [4.78, 5) is 14.4. The molecule has 1 aromatic carbocycles. The number of likely N-dealkylation sites (tertiary alicyclic amines) is 1. The zero-order valence-electron chi connectivity index (χ0n) is 14.0. The fraction of sp³-hybridized carbons (Fsp3) is 0.611. The van der Waals surface area contributed by atoms with Gasteiger partial charge in [0, 0.05) is 26.7 Å². The summed E-state index contributed by atoms with van der Waals surface area (Å²) in [6, 6.07) is 8.15. The van der Waals surface area contributed by atoms with Gasteiger partial charge in [0.05, 0.1) is 13.2 Å². The molecule has 0 aromatic heterocycles. The van der Waals surface area contributed by atoms with Gasteiger partial charge in [-0.3, -0.25) is 9.69 Å². The van der Waals surface area contributed by atoms with Crippen LogP contribution in [0.5, 0.6) is 0 Å². The highest BCUT2D eigenvalue weighted by atomic mass is 16.5. The third-order valence-electron chi connectivity index (χ3n) is 4.10. The molecule has 4 heteroatoms. The van der Waals surface area contributed by atoms with Gasteiger partial charge in [0.1, 0.15) is 0 Å². The van der Waals surface area contributed by atoms with Gasteiger partial charge in [-0.25, -0.2) is 0 Å². The lowest BCUT2D eigenvalue weighted by atomic mass is 9.92. The van der Waals surface area contributed by atoms with Crippen molar-refractivity contribution in [2.45, 2.75) is 33.4 Å². The van der Waals surface area contributed by atoms with Gasteiger partial charge in [0.15, 0.2) is 0 Å². The third-order valence-corrected chi connectivity index (χ3v) is 4.10. The monoisotopic (exact) mass is 304 g/mol. The minimum atomic E-state index is 0.110. The lowest BCUT2D eigenvalue weighted by molar-refractivity contribution is -0.123. The van der Waals surface area contributed by atoms with Crippen LogP contribution >= 0.6 is 0 Å². The standard InChI is InChI=1S/C18H28N2O2/c1-14-7-15(2)11-20(10-14)12-18(21)19-9-16-5-4-6-17(8-16)13-22-3/h4-6,8,14-15H,7,9-13H2,1-3H3,(H,19,21). The summed E-state index contributed by atoms with van der Waals surface area (Å²) >= 11 is 0. The van der Waals surface area contributed by atoms with Crippen LogP contribution < -0.4 is 5.32 Å². The average Bonchev–Trinajstić information content (AvgIpc) is 2.45. The Hall–Kier alpha value is -1.39. The van der Waals surface area contributed by atoms with Gasteiger partial charge in [0.2, 0.25) is 5.91 Å². The van der Waals surface area contributed by atoms with Crippen molar-refractivity contribution in [1.29, 1.82) is 0 Å². The van der Waals surface area contributed by atoms with Crippen LogP contribution in [-0.4, -0.2) is 37.6 Å². The van der Waals surface area contributed by atoms with E-state index in [4.69, 9.17) is 4.74 Å². The molecule has 0 saturated carbocycles. The third kappa shape index (κ3) is 5.43. The molecule has 1 aliphatic rings. The molecule has 1 amide bonds. The van der Waals surface area contributed by atoms with Crippen molar-refractivity contribution in [2.24, 2.45) is 11.8 Å². The van der Waals surface area contributed by atoms with Crippen molar-refractivity contribution < 1.29 is 9.53 Å². The number of carbonyl (C=O) groups is 1. The number of carbonyl (C=O) groups excluding carboxylic acids is 1. The molecule has 2 rings (SSSR count). The van der Waals surface area contributed by atoms with E-state index in [0.717, 1.165) is 24.2 Å². The predicted octanol–water partition coefficient (Wildman–Crippen LogP) is 2.43. The Balaban J connectivity index is 1.79. The topological polar surface area (TPSA) is 41.6 Å². The van der Waals surface area contributed by atoms with Crippen LogP contribution in [0.15, 0.2) is 24.3 Å². The molecule has 1 heterocycles. The molecule has 1 aliphatic heterocycles. The van der Waals surface area contributed by atoms with Crippen molar-refractivity contribution in [3.05, 3.63) is 35.4 Å². The second-order valence-electron chi connectivity index (χ2n) is 6.67. The Labute approximate surface area is 133 Å². The quantitative estimate of drug-likeness (QED) is 0.877. The van der Waals surface area contributed by atoms with Crippen LogP contribution in [0.1, 0.15) is 31.4 Å². The molecule has 1 saturated heterocycles. The number of amides is 1. The van der Waals surface area contributed by atoms with Gasteiger partial charge in [-0.05, 0) is 29.4 Å². The zero-order chi connectivity index (χ0) is 15.9. The van der Waals surface area contributed by atoms with Crippen LogP contribution in [0.4, 0.5) is 0 Å². The summed E-state index contributed by atoms with van der Waals surface area (Å²) < 4.78 is 5.14. The highest BCUT2D eigenvalue weighted by molar-refractivity contribution is 5.78. The summed E-state index contributed by atoms with van der Waals surface area (Å²) in [7, 11) is 1.69. The van der Waals surface area contributed by atoms with E-state index in [-0.39, 0.29) is 5.91 Å². The average molecular weight is 304 g/mol. The number of rotatable bonds is 6. The van der Waals surface area contributed by atoms with Crippen LogP contribution in [0.25, 0.3) is 0 Å². The summed E-state index contributed by atoms with van der Waals surface area (Å²) in [6.45, 7) is 8.28. The van der Waals surface area contributed by atoms with Crippen LogP contribution in [0.2, 0.25) is 0 Å². The van der Waals surface area contributed by atoms with Gasteiger partial charge in [-0.15, -0.1) is 0 Å². The van der Waals surface area contributed by atoms with Crippen LogP contribution in [0, 0.1) is 11.8 Å². The van der Waals surface area contributed by atoms with E-state index in [9.17, 15) is 4.79 Å². The number of piperidine rings is 1. The molecule has 4 nitrogen and oxygen atoms in total. The minimum Gasteiger partial charge on any atom is -0.380 e. The number of ether oxygens (including phenoxy) is 1. The van der Waals surface area contributed by atoms with E-state index < -0.39 is 0 Å². The number of benzene rings is 1. The lowest BCUT2D eigenvalue weighted by Crippen LogP contribution is -2.44. The van der Waals surface area contributed by atoms with E-state index >= 15 is 0 Å². The molecule has 0 bridgehead atoms. The molecule has 1 fully saturated rings. The Kier molecular flexibility index (Phi) is 6.40. The fourth-order valence-electron chi connectivity index (χ4n) is 3.38. The second-order valence-corrected chi connectivity index (χ2v) is 6.67. The minimum absolute atomic E-state index is 0.110. The maximum atomic E-state index is 12.1. The first kappa shape index (κ1) is 17.0. The van der Waals surface area contributed by atoms with E-state index in [1.54, 1.807) is 7.11 Å². The lowest BCUT2D eigenvalue weighted by Gasteiger charge is -2.34. The number of nitrogens with zero attached hydrogens (tertiary/aromatic N) is 1. The normalized spacial score (nSPS) is 22.5. The first-order valence-electron chi connectivity index (χ1n) is 8.12. The summed E-state index contributed by atoms with van der Waals surface area (Å²) in [5.74, 6) is 1.47. The van der Waals surface area contributed by atoms with Crippen LogP contribution in [0.3, 0.4) is 0 Å². The Morgan fingerprint density at radius 3 is 2.64 bits per heavy atom. The first-order valence-corrected chi connectivity index (χ1v) is 8.12. The van der Waals surface area contributed by atoms with Crippen molar-refractivity contribution in [2.75, 3.05) is 26.7 Å². The molecule has 0 aliphatic carbocycles. The van der Waals surface area contributed by atoms with Gasteiger partial charge in [-0.2, -0.15) is 0 Å². The maximum absolute atomic E-state index is 12.1. The predicted molar refractivity (Wildman–Crippen MR) is 88.4 cm³/mol. The number of nitrogens with one attached hydrogen (secondary N) is 1. The molecule has 2 unspecified atom stereocenters. The molecular formula is C18H28N2O2. The van der Waals surface area contributed by atoms with Crippen molar-refractivity contribution in [3.8, 4) is 0 Å². The summed E-state index contributed by atoms with van der Waals surface area (Å²) in [5, 5.41) is 3.02. The zero-order valence-corrected chi connectivity index (χ0v) is 14.0. The second kappa shape index (κ2) is 8.30. The summed E-state index contributed by atoms with van der Waals surface area (Å²) in [6.07, 6.45) is 1.27. The van der Waals surface area contributed by atoms with E-state index in [2.05, 4.69) is 30.1 Å². The Morgan fingerprint density at radius 2 is 1.95 bits per heavy atom. The first-order chi connectivity index (χ1) is 10.6. The highest BCUT2D eigenvalue weighted by Crippen LogP contribution is 2.20. The Bertz CT molecular complexity index is 480. The molecule has 0 spiro atoms. The number of hydrogen-bond acceptors (Lipinski definition) is 3. The molecular weight excluding hydrogens is 276 g/mol. The Morgan fingerprint density at radius 1 is 1.27 bits per heavy atom. The van der Waals surface area contributed by atoms with E-state index in [0.29, 0.717) is 31.5 Å². The van der Waals surface area contributed by atoms with E-state index in [1.165, 1.54) is 6.42 Å². The maximum Gasteiger partial charge on any atom is 0.234 e. The van der Waals surface area contributed by atoms with Gasteiger partial charge in [-0.1, -0.05) is 38.1 Å². The van der Waals surface area contributed by atoms with Gasteiger partial charge < -0.3 is 10.1 Å². The van der Waals surface area contributed by atoms with Crippen molar-refractivity contribution in [3.63, 3.8) is 0 Å². The molecule has 122 valence electrons. The fourth-order valence-corrected chi connectivity index (χ4v) is 3.38. The van der Waals surface area contributed by atoms with E-state index in [1.807, 2.05) is 18.2 Å². The van der Waals surface area contributed by atoms with Crippen LogP contribution in [-0.2, 0) is 22.7 Å². The number of hydrogen-bond donors (Lipinski definition) is 1. The highest BCUT2D eigenvalue weighted by Gasteiger charge is 2.23. The molecule has 22 heavy (non-hydrogen) atoms. The smallest absolute Gasteiger partial charge is 0.234 e. The molecule has 1 aromatic rings. The van der Waals surface area contributed by atoms with Crippen molar-refractivity contribution >= 4 is 5.91 Å². The number of methoxy groups -OCH3 is 1. The van der Waals surface area contributed by atoms with Crippen molar-refractivity contribution in [1.82, 2.24) is 10.2 Å². The SMILES string of the molecule is COCc1cccc(CNC(=O)CN2CC(C)CC(C)C2)c1. The molecule has 0 radical (unpaired) electrons. The van der Waals surface area contributed by atoms with Gasteiger partial charge in [0.25, 0.3) is 0 Å². The molecule has 2 atom stereocenters. The molecule has 1 N–H and O–H groups in total. The van der Waals surface area contributed by atoms with Gasteiger partial charge >= 0.3 is 0 Å². The summed E-state index contributed by atoms with van der Waals surface area (Å²) in [5.41, 5.74) is 2.25. The largest absolute Gasteiger partial charge is 0.380 e.